The minimum Gasteiger partial charge on any atom is -0.352 e. The molecule has 0 radical (unpaired) electrons. The maximum Gasteiger partial charge on any atom is 0.225 e. The van der Waals surface area contributed by atoms with Crippen LogP contribution in [0.15, 0.2) is 48.8 Å². The molecular weight excluding hydrogens is 346 g/mol. The zero-order valence-corrected chi connectivity index (χ0v) is 15.9. The average molecular weight is 368 g/mol. The molecule has 5 nitrogen and oxygen atoms in total. The number of benzene rings is 1. The van der Waals surface area contributed by atoms with E-state index in [1.54, 1.807) is 12.4 Å². The fraction of sp³-hybridized carbons (Fsp3) is 0.250. The fourth-order valence-corrected chi connectivity index (χ4v) is 2.61. The summed E-state index contributed by atoms with van der Waals surface area (Å²) in [5.41, 5.74) is 3.83. The smallest absolute Gasteiger partial charge is 0.225 e. The van der Waals surface area contributed by atoms with E-state index in [1.165, 1.54) is 0 Å². The first-order valence-electron chi connectivity index (χ1n) is 8.64. The van der Waals surface area contributed by atoms with Crippen LogP contribution in [-0.2, 0) is 0 Å². The number of hydrogen-bond donors (Lipinski definition) is 2. The van der Waals surface area contributed by atoms with Gasteiger partial charge in [0.1, 0.15) is 5.82 Å². The topological polar surface area (TPSA) is 62.7 Å². The van der Waals surface area contributed by atoms with Crippen LogP contribution in [0.1, 0.15) is 25.8 Å². The Kier molecular flexibility index (Phi) is 5.68. The van der Waals surface area contributed by atoms with Crippen molar-refractivity contribution in [1.29, 1.82) is 0 Å². The largest absolute Gasteiger partial charge is 0.352 e. The lowest BCUT2D eigenvalue weighted by atomic mass is 10.2. The second-order valence-corrected chi connectivity index (χ2v) is 6.67. The number of pyridine rings is 1. The van der Waals surface area contributed by atoms with Crippen LogP contribution in [0.4, 0.5) is 17.5 Å². The van der Waals surface area contributed by atoms with Crippen molar-refractivity contribution in [2.45, 2.75) is 33.2 Å². The minimum absolute atomic E-state index is 0.281. The van der Waals surface area contributed by atoms with E-state index >= 15 is 0 Å². The van der Waals surface area contributed by atoms with Crippen LogP contribution in [0, 0.1) is 6.92 Å². The van der Waals surface area contributed by atoms with Crippen molar-refractivity contribution in [2.75, 3.05) is 10.6 Å². The fourth-order valence-electron chi connectivity index (χ4n) is 2.44. The van der Waals surface area contributed by atoms with E-state index in [-0.39, 0.29) is 6.04 Å². The molecule has 0 saturated heterocycles. The quantitative estimate of drug-likeness (QED) is 0.606. The average Bonchev–Trinajstić information content (AvgIpc) is 2.65. The van der Waals surface area contributed by atoms with Crippen LogP contribution in [0.5, 0.6) is 0 Å². The molecule has 1 atom stereocenters. The molecular formula is C20H22ClN5. The van der Waals surface area contributed by atoms with E-state index in [0.29, 0.717) is 16.8 Å². The molecule has 2 aromatic heterocycles. The number of nitrogens with zero attached hydrogens (tertiary/aromatic N) is 3. The number of hydrogen-bond acceptors (Lipinski definition) is 5. The van der Waals surface area contributed by atoms with Gasteiger partial charge in [0.2, 0.25) is 5.95 Å². The van der Waals surface area contributed by atoms with Crippen molar-refractivity contribution >= 4 is 29.1 Å². The molecule has 1 aromatic carbocycles. The molecule has 2 heterocycles. The Hall–Kier alpha value is -2.66. The summed E-state index contributed by atoms with van der Waals surface area (Å²) in [6.07, 6.45) is 4.50. The Morgan fingerprint density at radius 2 is 1.85 bits per heavy atom. The molecule has 0 amide bonds. The van der Waals surface area contributed by atoms with E-state index in [2.05, 4.69) is 39.4 Å². The van der Waals surface area contributed by atoms with Gasteiger partial charge in [-0.25, -0.2) is 4.98 Å². The molecule has 0 aliphatic heterocycles. The summed E-state index contributed by atoms with van der Waals surface area (Å²) >= 11 is 6.14. The maximum atomic E-state index is 6.14. The highest BCUT2D eigenvalue weighted by Gasteiger charge is 2.10. The zero-order valence-electron chi connectivity index (χ0n) is 15.1. The first-order chi connectivity index (χ1) is 12.5. The molecule has 3 aromatic rings. The van der Waals surface area contributed by atoms with E-state index in [9.17, 15) is 0 Å². The molecule has 0 spiro atoms. The van der Waals surface area contributed by atoms with Crippen molar-refractivity contribution in [3.05, 3.63) is 59.4 Å². The Bertz CT molecular complexity index is 883. The lowest BCUT2D eigenvalue weighted by Crippen LogP contribution is -2.16. The van der Waals surface area contributed by atoms with Crippen molar-refractivity contribution in [1.82, 2.24) is 15.0 Å². The molecule has 0 fully saturated rings. The van der Waals surface area contributed by atoms with Crippen LogP contribution in [0.3, 0.4) is 0 Å². The second kappa shape index (κ2) is 8.15. The number of aromatic nitrogens is 3. The SMILES string of the molecule is CC[C@H](C)Nc1nc(Nc2cc(Cl)ccc2C)cc(-c2ccncc2)n1. The molecule has 0 bridgehead atoms. The van der Waals surface area contributed by atoms with Crippen LogP contribution in [-0.4, -0.2) is 21.0 Å². The van der Waals surface area contributed by atoms with Gasteiger partial charge in [0.25, 0.3) is 0 Å². The summed E-state index contributed by atoms with van der Waals surface area (Å²) in [6.45, 7) is 6.26. The van der Waals surface area contributed by atoms with Gasteiger partial charge >= 0.3 is 0 Å². The summed E-state index contributed by atoms with van der Waals surface area (Å²) in [7, 11) is 0. The van der Waals surface area contributed by atoms with Gasteiger partial charge in [-0.15, -0.1) is 0 Å². The summed E-state index contributed by atoms with van der Waals surface area (Å²) in [6, 6.07) is 11.8. The Morgan fingerprint density at radius 1 is 1.08 bits per heavy atom. The monoisotopic (exact) mass is 367 g/mol. The molecule has 0 saturated carbocycles. The van der Waals surface area contributed by atoms with Gasteiger partial charge in [-0.3, -0.25) is 4.98 Å². The van der Waals surface area contributed by atoms with Crippen molar-refractivity contribution in [3.8, 4) is 11.3 Å². The van der Waals surface area contributed by atoms with Gasteiger partial charge in [0.15, 0.2) is 0 Å². The molecule has 3 rings (SSSR count). The number of nitrogens with one attached hydrogen (secondary N) is 2. The Labute approximate surface area is 158 Å². The first-order valence-corrected chi connectivity index (χ1v) is 9.02. The second-order valence-electron chi connectivity index (χ2n) is 6.24. The number of rotatable bonds is 6. The highest BCUT2D eigenvalue weighted by atomic mass is 35.5. The third kappa shape index (κ3) is 4.49. The molecule has 6 heteroatoms. The third-order valence-electron chi connectivity index (χ3n) is 4.15. The zero-order chi connectivity index (χ0) is 18.5. The van der Waals surface area contributed by atoms with E-state index in [1.807, 2.05) is 43.3 Å². The lowest BCUT2D eigenvalue weighted by molar-refractivity contribution is 0.753. The first kappa shape index (κ1) is 18.1. The maximum absolute atomic E-state index is 6.14. The van der Waals surface area contributed by atoms with E-state index < -0.39 is 0 Å². The summed E-state index contributed by atoms with van der Waals surface area (Å²) in [5, 5.41) is 7.39. The predicted octanol–water partition coefficient (Wildman–Crippen LogP) is 5.45. The molecule has 0 aliphatic rings. The van der Waals surface area contributed by atoms with Gasteiger partial charge < -0.3 is 10.6 Å². The minimum atomic E-state index is 0.281. The molecule has 26 heavy (non-hydrogen) atoms. The Balaban J connectivity index is 2.00. The van der Waals surface area contributed by atoms with Crippen molar-refractivity contribution in [3.63, 3.8) is 0 Å². The number of halogens is 1. The van der Waals surface area contributed by atoms with Crippen LogP contribution in [0.25, 0.3) is 11.3 Å². The van der Waals surface area contributed by atoms with Crippen molar-refractivity contribution < 1.29 is 0 Å². The van der Waals surface area contributed by atoms with Gasteiger partial charge in [-0.1, -0.05) is 24.6 Å². The van der Waals surface area contributed by atoms with Crippen LogP contribution in [0.2, 0.25) is 5.02 Å². The van der Waals surface area contributed by atoms with Gasteiger partial charge in [-0.05, 0) is 50.1 Å². The predicted molar refractivity (Wildman–Crippen MR) is 108 cm³/mol. The van der Waals surface area contributed by atoms with Gasteiger partial charge in [-0.2, -0.15) is 4.98 Å². The van der Waals surface area contributed by atoms with Crippen LogP contribution < -0.4 is 10.6 Å². The third-order valence-corrected chi connectivity index (χ3v) is 4.39. The van der Waals surface area contributed by atoms with Crippen LogP contribution >= 0.6 is 11.6 Å². The molecule has 0 unspecified atom stereocenters. The highest BCUT2D eigenvalue weighted by Crippen LogP contribution is 2.27. The summed E-state index contributed by atoms with van der Waals surface area (Å²) < 4.78 is 0. The van der Waals surface area contributed by atoms with Gasteiger partial charge in [0.05, 0.1) is 5.69 Å². The number of anilines is 3. The van der Waals surface area contributed by atoms with Crippen molar-refractivity contribution in [2.24, 2.45) is 0 Å². The molecule has 134 valence electrons. The summed E-state index contributed by atoms with van der Waals surface area (Å²) in [4.78, 5) is 13.4. The standard InChI is InChI=1S/C20H22ClN5/c1-4-14(3)23-20-25-18(15-7-9-22-10-8-15)12-19(26-20)24-17-11-16(21)6-5-13(17)2/h5-12,14H,4H2,1-3H3,(H2,23,24,25,26)/t14-/m0/s1. The summed E-state index contributed by atoms with van der Waals surface area (Å²) in [5.74, 6) is 1.30. The number of aryl methyl sites for hydroxylation is 1. The highest BCUT2D eigenvalue weighted by molar-refractivity contribution is 6.30. The van der Waals surface area contributed by atoms with Gasteiger partial charge in [0, 0.05) is 40.8 Å². The lowest BCUT2D eigenvalue weighted by Gasteiger charge is -2.15. The molecule has 0 aliphatic carbocycles. The van der Waals surface area contributed by atoms with E-state index in [0.717, 1.165) is 28.9 Å². The normalized spacial score (nSPS) is 11.8. The molecule has 2 N–H and O–H groups in total. The van der Waals surface area contributed by atoms with E-state index in [4.69, 9.17) is 11.6 Å². The Morgan fingerprint density at radius 3 is 2.58 bits per heavy atom.